The van der Waals surface area contributed by atoms with Crippen LogP contribution in [0.2, 0.25) is 0 Å². The van der Waals surface area contributed by atoms with E-state index in [1.54, 1.807) is 15.9 Å². The van der Waals surface area contributed by atoms with Crippen LogP contribution in [0.1, 0.15) is 28.5 Å². The van der Waals surface area contributed by atoms with Crippen LogP contribution in [0.4, 0.5) is 0 Å². The third-order valence-corrected chi connectivity index (χ3v) is 5.15. The molecular formula is C17H21N3O2S. The van der Waals surface area contributed by atoms with Crippen molar-refractivity contribution in [1.29, 1.82) is 0 Å². The number of oxazole rings is 1. The van der Waals surface area contributed by atoms with Gasteiger partial charge in [0.2, 0.25) is 0 Å². The molecule has 1 aromatic carbocycles. The summed E-state index contributed by atoms with van der Waals surface area (Å²) in [5.41, 5.74) is 2.61. The summed E-state index contributed by atoms with van der Waals surface area (Å²) in [5, 5.41) is 1.09. The zero-order valence-corrected chi connectivity index (χ0v) is 14.7. The van der Waals surface area contributed by atoms with Crippen molar-refractivity contribution in [3.05, 3.63) is 50.4 Å². The van der Waals surface area contributed by atoms with Crippen LogP contribution in [-0.4, -0.2) is 28.0 Å². The second-order valence-electron chi connectivity index (χ2n) is 5.82. The lowest BCUT2D eigenvalue weighted by Gasteiger charge is -2.24. The molecule has 23 heavy (non-hydrogen) atoms. The topological polar surface area (TPSA) is 51.3 Å². The van der Waals surface area contributed by atoms with E-state index in [2.05, 4.69) is 30.8 Å². The molecule has 122 valence electrons. The zero-order chi connectivity index (χ0) is 16.6. The van der Waals surface area contributed by atoms with Crippen molar-refractivity contribution in [3.63, 3.8) is 0 Å². The van der Waals surface area contributed by atoms with Crippen LogP contribution in [-0.2, 0) is 6.54 Å². The van der Waals surface area contributed by atoms with Gasteiger partial charge in [-0.05, 0) is 40.0 Å². The highest BCUT2D eigenvalue weighted by atomic mass is 32.1. The second kappa shape index (κ2) is 6.29. The van der Waals surface area contributed by atoms with Crippen LogP contribution in [0.5, 0.6) is 0 Å². The van der Waals surface area contributed by atoms with Crippen molar-refractivity contribution in [1.82, 2.24) is 14.5 Å². The van der Waals surface area contributed by atoms with E-state index >= 15 is 0 Å². The Bertz CT molecular complexity index is 877. The van der Waals surface area contributed by atoms with Crippen molar-refractivity contribution in [2.75, 3.05) is 13.6 Å². The van der Waals surface area contributed by atoms with Crippen LogP contribution in [0.25, 0.3) is 11.1 Å². The Balaban J connectivity index is 1.75. The first kappa shape index (κ1) is 16.0. The highest BCUT2D eigenvalue weighted by Gasteiger charge is 2.18. The predicted molar refractivity (Wildman–Crippen MR) is 93.1 cm³/mol. The Hall–Kier alpha value is -1.92. The summed E-state index contributed by atoms with van der Waals surface area (Å²) in [4.78, 5) is 20.1. The summed E-state index contributed by atoms with van der Waals surface area (Å²) in [6, 6.07) is 7.74. The maximum Gasteiger partial charge on any atom is 0.419 e. The zero-order valence-electron chi connectivity index (χ0n) is 13.9. The number of aryl methyl sites for hydroxylation is 2. The third-order valence-electron chi connectivity index (χ3n) is 4.25. The van der Waals surface area contributed by atoms with E-state index in [4.69, 9.17) is 4.42 Å². The molecule has 0 aliphatic heterocycles. The molecule has 0 amide bonds. The van der Waals surface area contributed by atoms with Crippen LogP contribution >= 0.6 is 11.3 Å². The number of fused-ring (bicyclic) bond motifs is 1. The van der Waals surface area contributed by atoms with Crippen LogP contribution in [0.3, 0.4) is 0 Å². The number of hydrogen-bond acceptors (Lipinski definition) is 5. The lowest BCUT2D eigenvalue weighted by atomic mass is 10.2. The molecular weight excluding hydrogens is 310 g/mol. The Labute approximate surface area is 139 Å². The lowest BCUT2D eigenvalue weighted by molar-refractivity contribution is 0.245. The summed E-state index contributed by atoms with van der Waals surface area (Å²) in [5.74, 6) is -0.298. The fourth-order valence-corrected chi connectivity index (χ4v) is 3.73. The Morgan fingerprint density at radius 2 is 2.09 bits per heavy atom. The van der Waals surface area contributed by atoms with Gasteiger partial charge in [0.15, 0.2) is 5.58 Å². The standard InChI is InChI=1S/C17H21N3O2S/c1-11(16-12(2)23-13(3)18-16)19(4)9-10-20-14-7-5-6-8-15(14)22-17(20)21/h5-8,11H,9-10H2,1-4H3/t11-/m0/s1. The van der Waals surface area contributed by atoms with Gasteiger partial charge in [-0.2, -0.15) is 0 Å². The van der Waals surface area contributed by atoms with E-state index in [9.17, 15) is 4.79 Å². The molecule has 0 radical (unpaired) electrons. The Kier molecular flexibility index (Phi) is 4.37. The summed E-state index contributed by atoms with van der Waals surface area (Å²) >= 11 is 1.73. The molecule has 6 heteroatoms. The fourth-order valence-electron chi connectivity index (χ4n) is 2.82. The van der Waals surface area contributed by atoms with Gasteiger partial charge in [-0.15, -0.1) is 11.3 Å². The number of aromatic nitrogens is 2. The molecule has 3 rings (SSSR count). The van der Waals surface area contributed by atoms with E-state index in [0.29, 0.717) is 12.1 Å². The minimum absolute atomic E-state index is 0.216. The smallest absolute Gasteiger partial charge is 0.408 e. The number of hydrogen-bond donors (Lipinski definition) is 0. The Morgan fingerprint density at radius 1 is 1.35 bits per heavy atom. The maximum absolute atomic E-state index is 12.0. The molecule has 0 fully saturated rings. The molecule has 3 aromatic rings. The number of benzene rings is 1. The monoisotopic (exact) mass is 331 g/mol. The number of rotatable bonds is 5. The summed E-state index contributed by atoms with van der Waals surface area (Å²) in [6.45, 7) is 7.64. The normalized spacial score (nSPS) is 13.1. The number of para-hydroxylation sites is 2. The van der Waals surface area contributed by atoms with E-state index in [1.807, 2.05) is 31.2 Å². The summed E-state index contributed by atoms with van der Waals surface area (Å²) in [7, 11) is 2.06. The highest BCUT2D eigenvalue weighted by molar-refractivity contribution is 7.11. The molecule has 0 aliphatic rings. The van der Waals surface area contributed by atoms with E-state index in [-0.39, 0.29) is 11.8 Å². The molecule has 0 bridgehead atoms. The highest BCUT2D eigenvalue weighted by Crippen LogP contribution is 2.25. The molecule has 0 spiro atoms. The van der Waals surface area contributed by atoms with Gasteiger partial charge in [-0.3, -0.25) is 9.47 Å². The molecule has 0 saturated carbocycles. The molecule has 5 nitrogen and oxygen atoms in total. The summed E-state index contributed by atoms with van der Waals surface area (Å²) in [6.07, 6.45) is 0. The fraction of sp³-hybridized carbons (Fsp3) is 0.412. The predicted octanol–water partition coefficient (Wildman–Crippen LogP) is 3.36. The van der Waals surface area contributed by atoms with Crippen molar-refractivity contribution in [2.24, 2.45) is 0 Å². The van der Waals surface area contributed by atoms with Gasteiger partial charge in [0.05, 0.1) is 22.3 Å². The first-order chi connectivity index (χ1) is 11.0. The van der Waals surface area contributed by atoms with Crippen molar-refractivity contribution in [2.45, 2.75) is 33.4 Å². The van der Waals surface area contributed by atoms with Crippen LogP contribution in [0, 0.1) is 13.8 Å². The van der Waals surface area contributed by atoms with Gasteiger partial charge in [0.1, 0.15) is 0 Å². The molecule has 0 N–H and O–H groups in total. The van der Waals surface area contributed by atoms with Gasteiger partial charge in [0.25, 0.3) is 0 Å². The van der Waals surface area contributed by atoms with Crippen LogP contribution < -0.4 is 5.76 Å². The lowest BCUT2D eigenvalue weighted by Crippen LogP contribution is -2.29. The average molecular weight is 331 g/mol. The van der Waals surface area contributed by atoms with Crippen molar-refractivity contribution >= 4 is 22.4 Å². The third kappa shape index (κ3) is 3.09. The SMILES string of the molecule is Cc1nc([C@H](C)N(C)CCn2c(=O)oc3ccccc32)c(C)s1. The van der Waals surface area contributed by atoms with Gasteiger partial charge < -0.3 is 4.42 Å². The first-order valence-corrected chi connectivity index (χ1v) is 8.51. The van der Waals surface area contributed by atoms with Gasteiger partial charge in [-0.1, -0.05) is 12.1 Å². The number of likely N-dealkylation sites (N-methyl/N-ethyl adjacent to an activating group) is 1. The number of thiazole rings is 1. The van der Waals surface area contributed by atoms with Gasteiger partial charge >= 0.3 is 5.76 Å². The minimum atomic E-state index is -0.298. The van der Waals surface area contributed by atoms with Gasteiger partial charge in [-0.25, -0.2) is 9.78 Å². The number of nitrogens with zero attached hydrogens (tertiary/aromatic N) is 3. The maximum atomic E-state index is 12.0. The molecule has 0 unspecified atom stereocenters. The van der Waals surface area contributed by atoms with Crippen molar-refractivity contribution in [3.8, 4) is 0 Å². The average Bonchev–Trinajstić information content (AvgIpc) is 3.02. The quantitative estimate of drug-likeness (QED) is 0.719. The molecule has 0 saturated heterocycles. The van der Waals surface area contributed by atoms with Crippen molar-refractivity contribution < 1.29 is 4.42 Å². The van der Waals surface area contributed by atoms with E-state index < -0.39 is 0 Å². The molecule has 2 aromatic heterocycles. The van der Waals surface area contributed by atoms with E-state index in [1.165, 1.54) is 4.88 Å². The largest absolute Gasteiger partial charge is 0.419 e. The molecule has 1 atom stereocenters. The molecule has 0 aliphatic carbocycles. The van der Waals surface area contributed by atoms with Crippen LogP contribution in [0.15, 0.2) is 33.5 Å². The minimum Gasteiger partial charge on any atom is -0.408 e. The van der Waals surface area contributed by atoms with E-state index in [0.717, 1.165) is 22.8 Å². The molecule has 2 heterocycles. The van der Waals surface area contributed by atoms with Gasteiger partial charge in [0, 0.05) is 18.0 Å². The Morgan fingerprint density at radius 3 is 2.78 bits per heavy atom. The summed E-state index contributed by atoms with van der Waals surface area (Å²) < 4.78 is 6.97. The second-order valence-corrected chi connectivity index (χ2v) is 7.23. The first-order valence-electron chi connectivity index (χ1n) is 7.70.